The van der Waals surface area contributed by atoms with E-state index in [2.05, 4.69) is 40.5 Å². The van der Waals surface area contributed by atoms with Crippen LogP contribution in [-0.4, -0.2) is 154 Å². The molecule has 17 heteroatoms. The van der Waals surface area contributed by atoms with E-state index >= 15 is 0 Å². The van der Waals surface area contributed by atoms with Crippen LogP contribution in [0.3, 0.4) is 0 Å². The molecule has 66 heavy (non-hydrogen) atoms. The van der Waals surface area contributed by atoms with Crippen LogP contribution in [0.15, 0.2) is 65.8 Å². The van der Waals surface area contributed by atoms with Gasteiger partial charge in [-0.1, -0.05) is 25.3 Å². The largest absolute Gasteiger partial charge is 0.355 e. The van der Waals surface area contributed by atoms with Crippen molar-refractivity contribution in [1.29, 1.82) is 0 Å². The summed E-state index contributed by atoms with van der Waals surface area (Å²) in [7, 11) is 0. The quantitative estimate of drug-likeness (QED) is 0.0779. The SMILES string of the molecule is O=C(/C=C/c1cccnc1)NCCCCC1CCN(C(=O)c2ccc(N3CCC(N4CCN(CCCCCSc5ccc6c(c5)C(=O)N(C5CCC(=O)NC5=O)C6=O)CC4)CC3)nn2)CC1. The molecule has 1 aromatic carbocycles. The van der Waals surface area contributed by atoms with Crippen LogP contribution in [0.1, 0.15) is 114 Å². The topological polar surface area (TPSA) is 181 Å². The number of anilines is 1. The maximum absolute atomic E-state index is 13.3. The van der Waals surface area contributed by atoms with Gasteiger partial charge in [0, 0.05) is 94.7 Å². The number of piperidine rings is 3. The molecule has 6 amide bonds. The first-order valence-corrected chi connectivity index (χ1v) is 24.9. The molecule has 0 bridgehead atoms. The number of nitrogens with one attached hydrogen (secondary N) is 2. The highest BCUT2D eigenvalue weighted by Crippen LogP contribution is 2.32. The van der Waals surface area contributed by atoms with E-state index in [0.717, 1.165) is 150 Å². The molecule has 350 valence electrons. The molecule has 5 aliphatic heterocycles. The minimum Gasteiger partial charge on any atom is -0.355 e. The number of imide groups is 2. The lowest BCUT2D eigenvalue weighted by Gasteiger charge is -2.43. The highest BCUT2D eigenvalue weighted by molar-refractivity contribution is 7.99. The molecule has 2 N–H and O–H groups in total. The summed E-state index contributed by atoms with van der Waals surface area (Å²) < 4.78 is 0. The molecule has 4 fully saturated rings. The van der Waals surface area contributed by atoms with E-state index in [-0.39, 0.29) is 30.6 Å². The molecule has 8 rings (SSSR count). The molecule has 5 aliphatic rings. The summed E-state index contributed by atoms with van der Waals surface area (Å²) in [4.78, 5) is 91.0. The van der Waals surface area contributed by atoms with Gasteiger partial charge in [0.25, 0.3) is 17.7 Å². The number of aromatic nitrogens is 3. The lowest BCUT2D eigenvalue weighted by molar-refractivity contribution is -0.136. The minimum absolute atomic E-state index is 0.0406. The van der Waals surface area contributed by atoms with Gasteiger partial charge in [0.2, 0.25) is 17.7 Å². The van der Waals surface area contributed by atoms with Gasteiger partial charge in [-0.2, -0.15) is 0 Å². The number of carbonyl (C=O) groups is 6. The summed E-state index contributed by atoms with van der Waals surface area (Å²) >= 11 is 1.68. The lowest BCUT2D eigenvalue weighted by Crippen LogP contribution is -2.54. The van der Waals surface area contributed by atoms with Crippen molar-refractivity contribution in [3.05, 3.63) is 83.3 Å². The molecule has 1 unspecified atom stereocenters. The molecule has 3 aromatic rings. The number of hydrogen-bond acceptors (Lipinski definition) is 13. The second-order valence-corrected chi connectivity index (χ2v) is 19.2. The van der Waals surface area contributed by atoms with Crippen molar-refractivity contribution in [2.45, 2.75) is 94.0 Å². The first-order valence-electron chi connectivity index (χ1n) is 23.9. The standard InChI is InChI=1S/C49H62N10O6S/c60-44(15-9-36-8-6-21-50-34-36)51-22-3-2-7-35-17-24-58(25-18-35)49(65)41-12-14-43(54-53-41)57-26-19-37(20-27-57)56-30-28-55(29-31-56)23-4-1-5-32-66-38-10-11-39-40(33-38)48(64)59(47(39)63)42-13-16-45(61)52-46(42)62/h6,8-12,14-15,21,33-35,37,42H,1-5,7,13,16-20,22-32H2,(H,51,60)(H,52,61,62)/b15-9+. The number of likely N-dealkylation sites (tertiary alicyclic amines) is 1. The molecule has 0 aliphatic carbocycles. The van der Waals surface area contributed by atoms with Gasteiger partial charge in [0.15, 0.2) is 11.5 Å². The molecule has 0 radical (unpaired) electrons. The summed E-state index contributed by atoms with van der Waals surface area (Å²) in [6.07, 6.45) is 17.5. The fourth-order valence-electron chi connectivity index (χ4n) is 9.83. The summed E-state index contributed by atoms with van der Waals surface area (Å²) in [5.41, 5.74) is 1.95. The van der Waals surface area contributed by atoms with Gasteiger partial charge in [-0.15, -0.1) is 22.0 Å². The third kappa shape index (κ3) is 12.1. The van der Waals surface area contributed by atoms with Crippen molar-refractivity contribution in [2.24, 2.45) is 5.92 Å². The van der Waals surface area contributed by atoms with Gasteiger partial charge in [0.1, 0.15) is 6.04 Å². The van der Waals surface area contributed by atoms with Crippen molar-refractivity contribution in [3.63, 3.8) is 0 Å². The monoisotopic (exact) mass is 918 g/mol. The first kappa shape index (κ1) is 47.0. The molecule has 16 nitrogen and oxygen atoms in total. The lowest BCUT2D eigenvalue weighted by atomic mass is 9.91. The van der Waals surface area contributed by atoms with Gasteiger partial charge < -0.3 is 20.0 Å². The molecular formula is C49H62N10O6S. The van der Waals surface area contributed by atoms with Gasteiger partial charge in [-0.05, 0) is 118 Å². The fourth-order valence-corrected chi connectivity index (χ4v) is 10.8. The van der Waals surface area contributed by atoms with E-state index in [1.54, 1.807) is 48.4 Å². The Balaban J connectivity index is 0.657. The van der Waals surface area contributed by atoms with Crippen LogP contribution in [0.5, 0.6) is 0 Å². The van der Waals surface area contributed by atoms with Crippen molar-refractivity contribution in [3.8, 4) is 0 Å². The van der Waals surface area contributed by atoms with Crippen LogP contribution in [0.2, 0.25) is 0 Å². The Labute approximate surface area is 391 Å². The van der Waals surface area contributed by atoms with Crippen molar-refractivity contribution >= 4 is 59.1 Å². The number of piperazine rings is 1. The molecule has 7 heterocycles. The normalized spacial score (nSPS) is 20.3. The Hall–Kier alpha value is -5.52. The number of unbranched alkanes of at least 4 members (excludes halogenated alkanes) is 3. The molecule has 2 aromatic heterocycles. The Kier molecular flexibility index (Phi) is 16.2. The molecule has 0 spiro atoms. The van der Waals surface area contributed by atoms with Crippen molar-refractivity contribution in [2.75, 3.05) is 76.1 Å². The van der Waals surface area contributed by atoms with E-state index in [4.69, 9.17) is 0 Å². The van der Waals surface area contributed by atoms with Gasteiger partial charge in [-0.25, -0.2) is 0 Å². The predicted molar refractivity (Wildman–Crippen MR) is 252 cm³/mol. The number of nitrogens with zero attached hydrogens (tertiary/aromatic N) is 8. The average molecular weight is 919 g/mol. The summed E-state index contributed by atoms with van der Waals surface area (Å²) in [6.45, 7) is 9.40. The zero-order valence-corrected chi connectivity index (χ0v) is 38.6. The molecular weight excluding hydrogens is 857 g/mol. The third-order valence-electron chi connectivity index (χ3n) is 13.7. The number of rotatable bonds is 18. The zero-order valence-electron chi connectivity index (χ0n) is 37.8. The average Bonchev–Trinajstić information content (AvgIpc) is 3.59. The van der Waals surface area contributed by atoms with E-state index < -0.39 is 23.8 Å². The number of fused-ring (bicyclic) bond motifs is 1. The van der Waals surface area contributed by atoms with E-state index in [0.29, 0.717) is 35.3 Å². The number of carbonyl (C=O) groups excluding carboxylic acids is 6. The summed E-state index contributed by atoms with van der Waals surface area (Å²) in [5.74, 6) is 0.281. The van der Waals surface area contributed by atoms with Gasteiger partial charge >= 0.3 is 0 Å². The molecule has 0 saturated carbocycles. The summed E-state index contributed by atoms with van der Waals surface area (Å²) in [5, 5.41) is 14.1. The number of benzene rings is 1. The van der Waals surface area contributed by atoms with Crippen LogP contribution in [0, 0.1) is 5.92 Å². The van der Waals surface area contributed by atoms with Crippen LogP contribution in [-0.2, 0) is 14.4 Å². The summed E-state index contributed by atoms with van der Waals surface area (Å²) in [6, 6.07) is 12.5. The smallest absolute Gasteiger partial charge is 0.274 e. The maximum atomic E-state index is 13.3. The molecule has 4 saturated heterocycles. The number of hydrogen-bond donors (Lipinski definition) is 2. The highest BCUT2D eigenvalue weighted by atomic mass is 32.2. The van der Waals surface area contributed by atoms with Crippen LogP contribution in [0.25, 0.3) is 6.08 Å². The molecule has 1 atom stereocenters. The highest BCUT2D eigenvalue weighted by Gasteiger charge is 2.44. The second kappa shape index (κ2) is 22.8. The first-order chi connectivity index (χ1) is 32.2. The Morgan fingerprint density at radius 1 is 0.803 bits per heavy atom. The van der Waals surface area contributed by atoms with Crippen LogP contribution >= 0.6 is 11.8 Å². The van der Waals surface area contributed by atoms with Gasteiger partial charge in [0.05, 0.1) is 11.1 Å². The van der Waals surface area contributed by atoms with E-state index in [9.17, 15) is 28.8 Å². The Bertz CT molecular complexity index is 2220. The number of amides is 6. The Morgan fingerprint density at radius 3 is 2.35 bits per heavy atom. The second-order valence-electron chi connectivity index (χ2n) is 18.1. The maximum Gasteiger partial charge on any atom is 0.274 e. The Morgan fingerprint density at radius 2 is 1.61 bits per heavy atom. The minimum atomic E-state index is -0.953. The van der Waals surface area contributed by atoms with Crippen molar-refractivity contribution < 1.29 is 28.8 Å². The predicted octanol–water partition coefficient (Wildman–Crippen LogP) is 4.67. The number of pyridine rings is 1. The van der Waals surface area contributed by atoms with Crippen LogP contribution in [0.4, 0.5) is 5.82 Å². The van der Waals surface area contributed by atoms with Crippen molar-refractivity contribution in [1.82, 2.24) is 45.4 Å². The van der Waals surface area contributed by atoms with Crippen LogP contribution < -0.4 is 15.5 Å². The number of thioether (sulfide) groups is 1. The fraction of sp³-hybridized carbons (Fsp3) is 0.531. The van der Waals surface area contributed by atoms with E-state index in [1.165, 1.54) is 0 Å². The van der Waals surface area contributed by atoms with Gasteiger partial charge in [-0.3, -0.25) is 48.9 Å². The zero-order chi connectivity index (χ0) is 45.8. The third-order valence-corrected chi connectivity index (χ3v) is 14.8. The van der Waals surface area contributed by atoms with E-state index in [1.807, 2.05) is 35.2 Å².